The molecule has 2 aromatic rings. The Kier molecular flexibility index (Phi) is 8.29. The third kappa shape index (κ3) is 6.51. The van der Waals surface area contributed by atoms with Gasteiger partial charge in [-0.3, -0.25) is 4.99 Å². The van der Waals surface area contributed by atoms with Gasteiger partial charge in [-0.1, -0.05) is 18.5 Å². The normalized spacial score (nSPS) is 12.3. The number of sulfonamides is 1. The Morgan fingerprint density at radius 1 is 1.23 bits per heavy atom. The van der Waals surface area contributed by atoms with E-state index in [1.165, 1.54) is 10.9 Å². The third-order valence-electron chi connectivity index (χ3n) is 3.33. The molecule has 0 aliphatic carbocycles. The predicted molar refractivity (Wildman–Crippen MR) is 109 cm³/mol. The Hall–Kier alpha value is -1.20. The molecule has 0 amide bonds. The van der Waals surface area contributed by atoms with Gasteiger partial charge in [-0.05, 0) is 18.6 Å². The summed E-state index contributed by atoms with van der Waals surface area (Å²) in [5, 5.41) is 7.35. The third-order valence-corrected chi connectivity index (χ3v) is 7.71. The van der Waals surface area contributed by atoms with Crippen molar-refractivity contribution in [1.29, 1.82) is 0 Å². The number of hydrogen-bond acceptors (Lipinski definition) is 6. The smallest absolute Gasteiger partial charge is 0.250 e. The van der Waals surface area contributed by atoms with Crippen molar-refractivity contribution in [2.24, 2.45) is 4.99 Å². The molecule has 2 aromatic heterocycles. The standard InChI is InChI=1S/C15H22ClN5O2S3/c1-3-11-10-20-13(24-11)6-7-18-15(17-2)19-8-9-21-26(22,23)14-5-4-12(16)25-14/h4-5,10,21H,3,6-9H2,1-2H3,(H2,17,18,19). The Morgan fingerprint density at radius 2 is 2.00 bits per heavy atom. The summed E-state index contributed by atoms with van der Waals surface area (Å²) in [6.45, 7) is 3.47. The van der Waals surface area contributed by atoms with Crippen molar-refractivity contribution in [3.63, 3.8) is 0 Å². The van der Waals surface area contributed by atoms with Crippen LogP contribution in [-0.2, 0) is 22.9 Å². The molecule has 0 aliphatic rings. The van der Waals surface area contributed by atoms with Gasteiger partial charge in [0.25, 0.3) is 0 Å². The van der Waals surface area contributed by atoms with Gasteiger partial charge in [0, 0.05) is 44.2 Å². The number of rotatable bonds is 9. The molecular formula is C15H22ClN5O2S3. The first-order valence-electron chi connectivity index (χ1n) is 8.07. The van der Waals surface area contributed by atoms with Crippen molar-refractivity contribution in [1.82, 2.24) is 20.3 Å². The molecule has 3 N–H and O–H groups in total. The van der Waals surface area contributed by atoms with Crippen molar-refractivity contribution >= 4 is 50.3 Å². The topological polar surface area (TPSA) is 95.5 Å². The van der Waals surface area contributed by atoms with Crippen LogP contribution >= 0.6 is 34.3 Å². The Bertz CT molecular complexity index is 832. The molecule has 2 rings (SSSR count). The molecule has 0 fully saturated rings. The maximum Gasteiger partial charge on any atom is 0.250 e. The molecule has 0 saturated heterocycles. The number of hydrogen-bond donors (Lipinski definition) is 3. The fraction of sp³-hybridized carbons (Fsp3) is 0.467. The van der Waals surface area contributed by atoms with Crippen LogP contribution in [0.15, 0.2) is 27.5 Å². The zero-order valence-corrected chi connectivity index (χ0v) is 17.8. The molecule has 2 heterocycles. The first-order chi connectivity index (χ1) is 12.4. The number of guanidine groups is 1. The van der Waals surface area contributed by atoms with Crippen molar-refractivity contribution in [2.45, 2.75) is 24.0 Å². The highest BCUT2D eigenvalue weighted by Crippen LogP contribution is 2.25. The summed E-state index contributed by atoms with van der Waals surface area (Å²) in [6, 6.07) is 3.06. The number of aromatic nitrogens is 1. The van der Waals surface area contributed by atoms with Gasteiger partial charge in [-0.15, -0.1) is 22.7 Å². The monoisotopic (exact) mass is 435 g/mol. The molecule has 7 nitrogen and oxygen atoms in total. The van der Waals surface area contributed by atoms with Gasteiger partial charge >= 0.3 is 0 Å². The van der Waals surface area contributed by atoms with E-state index in [-0.39, 0.29) is 10.8 Å². The Morgan fingerprint density at radius 3 is 2.62 bits per heavy atom. The zero-order valence-electron chi connectivity index (χ0n) is 14.6. The highest BCUT2D eigenvalue weighted by molar-refractivity contribution is 7.91. The number of aliphatic imine (C=N–C) groups is 1. The van der Waals surface area contributed by atoms with Gasteiger partial charge in [0.15, 0.2) is 5.96 Å². The van der Waals surface area contributed by atoms with Crippen LogP contribution < -0.4 is 15.4 Å². The van der Waals surface area contributed by atoms with Crippen molar-refractivity contribution in [3.05, 3.63) is 32.6 Å². The van der Waals surface area contributed by atoms with E-state index in [1.807, 2.05) is 6.20 Å². The maximum absolute atomic E-state index is 12.1. The number of thiazole rings is 1. The number of nitrogens with zero attached hydrogens (tertiary/aromatic N) is 2. The van der Waals surface area contributed by atoms with Crippen LogP contribution in [0.3, 0.4) is 0 Å². The van der Waals surface area contributed by atoms with Crippen LogP contribution in [0.25, 0.3) is 0 Å². The summed E-state index contributed by atoms with van der Waals surface area (Å²) in [7, 11) is -1.85. The quantitative estimate of drug-likeness (QED) is 0.318. The van der Waals surface area contributed by atoms with Gasteiger partial charge in [-0.2, -0.15) is 0 Å². The summed E-state index contributed by atoms with van der Waals surface area (Å²) in [5.41, 5.74) is 0. The molecule has 0 atom stereocenters. The zero-order chi connectivity index (χ0) is 19.0. The molecule has 144 valence electrons. The van der Waals surface area contributed by atoms with Crippen LogP contribution in [0.4, 0.5) is 0 Å². The van der Waals surface area contributed by atoms with Crippen LogP contribution in [0, 0.1) is 0 Å². The Balaban J connectivity index is 1.68. The molecule has 0 aliphatic heterocycles. The second-order valence-corrected chi connectivity index (χ2v) is 10.1. The molecule has 0 aromatic carbocycles. The average molecular weight is 436 g/mol. The average Bonchev–Trinajstić information content (AvgIpc) is 3.26. The van der Waals surface area contributed by atoms with E-state index < -0.39 is 10.0 Å². The van der Waals surface area contributed by atoms with E-state index in [1.54, 1.807) is 24.5 Å². The van der Waals surface area contributed by atoms with Gasteiger partial charge < -0.3 is 10.6 Å². The van der Waals surface area contributed by atoms with Crippen LogP contribution in [0.2, 0.25) is 4.34 Å². The summed E-state index contributed by atoms with van der Waals surface area (Å²) >= 11 is 8.53. The second-order valence-electron chi connectivity index (χ2n) is 5.21. The molecule has 26 heavy (non-hydrogen) atoms. The second kappa shape index (κ2) is 10.2. The highest BCUT2D eigenvalue weighted by atomic mass is 35.5. The van der Waals surface area contributed by atoms with E-state index in [2.05, 4.69) is 32.3 Å². The summed E-state index contributed by atoms with van der Waals surface area (Å²) in [5.74, 6) is 0.621. The van der Waals surface area contributed by atoms with E-state index >= 15 is 0 Å². The van der Waals surface area contributed by atoms with Crippen LogP contribution in [-0.4, -0.2) is 46.0 Å². The number of nitrogens with one attached hydrogen (secondary N) is 3. The van der Waals surface area contributed by atoms with E-state index in [9.17, 15) is 8.42 Å². The van der Waals surface area contributed by atoms with Gasteiger partial charge in [0.05, 0.1) is 9.34 Å². The number of halogens is 1. The van der Waals surface area contributed by atoms with Gasteiger partial charge in [-0.25, -0.2) is 18.1 Å². The fourth-order valence-electron chi connectivity index (χ4n) is 2.02. The lowest BCUT2D eigenvalue weighted by Crippen LogP contribution is -2.42. The molecule has 0 saturated carbocycles. The maximum atomic E-state index is 12.1. The summed E-state index contributed by atoms with van der Waals surface area (Å²) < 4.78 is 27.3. The largest absolute Gasteiger partial charge is 0.356 e. The predicted octanol–water partition coefficient (Wildman–Crippen LogP) is 2.11. The fourth-order valence-corrected chi connectivity index (χ4v) is 5.44. The Labute approximate surface area is 167 Å². The lowest BCUT2D eigenvalue weighted by Gasteiger charge is -2.11. The molecule has 0 radical (unpaired) electrons. The first-order valence-corrected chi connectivity index (χ1v) is 11.6. The highest BCUT2D eigenvalue weighted by Gasteiger charge is 2.15. The molecule has 0 unspecified atom stereocenters. The molecule has 0 spiro atoms. The minimum absolute atomic E-state index is 0.208. The lowest BCUT2D eigenvalue weighted by atomic mass is 10.4. The van der Waals surface area contributed by atoms with Crippen molar-refractivity contribution in [3.8, 4) is 0 Å². The number of thiophene rings is 1. The summed E-state index contributed by atoms with van der Waals surface area (Å²) in [4.78, 5) is 9.78. The van der Waals surface area contributed by atoms with Crippen LogP contribution in [0.5, 0.6) is 0 Å². The molecule has 0 bridgehead atoms. The molecule has 11 heteroatoms. The van der Waals surface area contributed by atoms with E-state index in [4.69, 9.17) is 11.6 Å². The van der Waals surface area contributed by atoms with Crippen molar-refractivity contribution in [2.75, 3.05) is 26.7 Å². The van der Waals surface area contributed by atoms with E-state index in [0.717, 1.165) is 29.2 Å². The van der Waals surface area contributed by atoms with Crippen molar-refractivity contribution < 1.29 is 8.42 Å². The minimum Gasteiger partial charge on any atom is -0.356 e. The van der Waals surface area contributed by atoms with Gasteiger partial charge in [0.1, 0.15) is 4.21 Å². The summed E-state index contributed by atoms with van der Waals surface area (Å²) in [6.07, 6.45) is 3.74. The number of aryl methyl sites for hydroxylation is 1. The lowest BCUT2D eigenvalue weighted by molar-refractivity contribution is 0.582. The van der Waals surface area contributed by atoms with E-state index in [0.29, 0.717) is 23.4 Å². The molecular weight excluding hydrogens is 414 g/mol. The minimum atomic E-state index is -3.52. The first kappa shape index (κ1) is 21.1. The van der Waals surface area contributed by atoms with Gasteiger partial charge in [0.2, 0.25) is 10.0 Å². The van der Waals surface area contributed by atoms with Crippen LogP contribution in [0.1, 0.15) is 16.8 Å². The SMILES string of the molecule is CCc1cnc(CCNC(=NC)NCCNS(=O)(=O)c2ccc(Cl)s2)s1.